The highest BCUT2D eigenvalue weighted by molar-refractivity contribution is 8.03. The molecule has 0 aromatic rings. The standard InChI is InChI=1S/C9H17N3S/c1-7(2)12-9(10)6-11-5-8(3)13-4/h5-7,12H,3,10H2,1-2,4H3/b9-6+,11-5?. The van der Waals surface area contributed by atoms with E-state index in [0.717, 1.165) is 4.91 Å². The Hall–Kier alpha value is -0.900. The van der Waals surface area contributed by atoms with Gasteiger partial charge in [-0.2, -0.15) is 0 Å². The van der Waals surface area contributed by atoms with Crippen LogP contribution in [0, 0.1) is 0 Å². The predicted molar refractivity (Wildman–Crippen MR) is 61.7 cm³/mol. The Balaban J connectivity index is 3.95. The van der Waals surface area contributed by atoms with Crippen LogP contribution >= 0.6 is 11.8 Å². The molecule has 0 atom stereocenters. The van der Waals surface area contributed by atoms with Crippen LogP contribution in [0.15, 0.2) is 28.5 Å². The molecule has 0 unspecified atom stereocenters. The number of allylic oxidation sites excluding steroid dienone is 1. The predicted octanol–water partition coefficient (Wildman–Crippen LogP) is 1.69. The smallest absolute Gasteiger partial charge is 0.115 e. The summed E-state index contributed by atoms with van der Waals surface area (Å²) >= 11 is 1.56. The number of rotatable bonds is 5. The molecule has 0 rings (SSSR count). The van der Waals surface area contributed by atoms with Crippen molar-refractivity contribution in [1.82, 2.24) is 5.32 Å². The minimum atomic E-state index is 0.329. The third-order valence-corrected chi connectivity index (χ3v) is 1.78. The second-order valence-electron chi connectivity index (χ2n) is 2.83. The highest BCUT2D eigenvalue weighted by Gasteiger charge is 1.90. The fourth-order valence-electron chi connectivity index (χ4n) is 0.624. The highest BCUT2D eigenvalue weighted by atomic mass is 32.2. The lowest BCUT2D eigenvalue weighted by atomic mass is 10.4. The monoisotopic (exact) mass is 199 g/mol. The molecule has 0 saturated carbocycles. The highest BCUT2D eigenvalue weighted by Crippen LogP contribution is 2.03. The van der Waals surface area contributed by atoms with Crippen molar-refractivity contribution in [1.29, 1.82) is 0 Å². The molecule has 0 aliphatic carbocycles. The van der Waals surface area contributed by atoms with Crippen LogP contribution in [-0.2, 0) is 0 Å². The van der Waals surface area contributed by atoms with E-state index < -0.39 is 0 Å². The number of nitrogens with zero attached hydrogens (tertiary/aromatic N) is 1. The van der Waals surface area contributed by atoms with Gasteiger partial charge in [-0.15, -0.1) is 11.8 Å². The molecule has 0 spiro atoms. The zero-order valence-corrected chi connectivity index (χ0v) is 9.19. The van der Waals surface area contributed by atoms with Crippen molar-refractivity contribution >= 4 is 18.0 Å². The third-order valence-electron chi connectivity index (χ3n) is 1.15. The van der Waals surface area contributed by atoms with Crippen molar-refractivity contribution in [3.05, 3.63) is 23.5 Å². The van der Waals surface area contributed by atoms with Crippen LogP contribution in [0.1, 0.15) is 13.8 Å². The van der Waals surface area contributed by atoms with E-state index in [1.807, 2.05) is 20.1 Å². The lowest BCUT2D eigenvalue weighted by Gasteiger charge is -2.07. The number of aliphatic imine (C=N–C) groups is 1. The van der Waals surface area contributed by atoms with Gasteiger partial charge in [0.05, 0.1) is 6.20 Å². The van der Waals surface area contributed by atoms with Crippen LogP contribution in [-0.4, -0.2) is 18.5 Å². The van der Waals surface area contributed by atoms with Gasteiger partial charge in [-0.3, -0.25) is 4.99 Å². The van der Waals surface area contributed by atoms with Crippen LogP contribution in [0.25, 0.3) is 0 Å². The Kier molecular flexibility index (Phi) is 6.14. The van der Waals surface area contributed by atoms with Crippen LogP contribution in [0.5, 0.6) is 0 Å². The van der Waals surface area contributed by atoms with Crippen molar-refractivity contribution in [3.63, 3.8) is 0 Å². The van der Waals surface area contributed by atoms with Gasteiger partial charge in [-0.05, 0) is 20.1 Å². The van der Waals surface area contributed by atoms with E-state index >= 15 is 0 Å². The van der Waals surface area contributed by atoms with E-state index in [1.165, 1.54) is 0 Å². The van der Waals surface area contributed by atoms with Gasteiger partial charge in [0.25, 0.3) is 0 Å². The van der Waals surface area contributed by atoms with Crippen LogP contribution in [0.2, 0.25) is 0 Å². The first kappa shape index (κ1) is 12.1. The zero-order valence-electron chi connectivity index (χ0n) is 8.37. The molecule has 4 heteroatoms. The fraction of sp³-hybridized carbons (Fsp3) is 0.444. The molecular weight excluding hydrogens is 182 g/mol. The molecule has 3 nitrogen and oxygen atoms in total. The molecule has 0 bridgehead atoms. The van der Waals surface area contributed by atoms with E-state index in [0.29, 0.717) is 11.9 Å². The number of nitrogens with one attached hydrogen (secondary N) is 1. The summed E-state index contributed by atoms with van der Waals surface area (Å²) in [5.74, 6) is 0.570. The van der Waals surface area contributed by atoms with E-state index in [2.05, 4.69) is 16.9 Å². The van der Waals surface area contributed by atoms with Crippen molar-refractivity contribution in [2.75, 3.05) is 6.26 Å². The summed E-state index contributed by atoms with van der Waals surface area (Å²) in [5, 5.41) is 3.02. The summed E-state index contributed by atoms with van der Waals surface area (Å²) in [6, 6.07) is 0.329. The molecule has 0 aromatic carbocycles. The lowest BCUT2D eigenvalue weighted by Crippen LogP contribution is -2.26. The molecule has 0 aromatic heterocycles. The van der Waals surface area contributed by atoms with Gasteiger partial charge in [0.15, 0.2) is 0 Å². The summed E-state index contributed by atoms with van der Waals surface area (Å²) in [5.41, 5.74) is 5.60. The van der Waals surface area contributed by atoms with Crippen molar-refractivity contribution in [2.24, 2.45) is 10.7 Å². The molecule has 3 N–H and O–H groups in total. The molecule has 0 radical (unpaired) electrons. The first-order valence-corrected chi connectivity index (χ1v) is 5.27. The van der Waals surface area contributed by atoms with Crippen LogP contribution in [0.3, 0.4) is 0 Å². The summed E-state index contributed by atoms with van der Waals surface area (Å²) in [4.78, 5) is 4.91. The Labute approximate surface area is 84.2 Å². The zero-order chi connectivity index (χ0) is 10.3. The van der Waals surface area contributed by atoms with Crippen molar-refractivity contribution in [3.8, 4) is 0 Å². The van der Waals surface area contributed by atoms with Gasteiger partial charge in [0.2, 0.25) is 0 Å². The molecule has 0 saturated heterocycles. The van der Waals surface area contributed by atoms with E-state index in [1.54, 1.807) is 24.2 Å². The van der Waals surface area contributed by atoms with Crippen LogP contribution < -0.4 is 11.1 Å². The summed E-state index contributed by atoms with van der Waals surface area (Å²) in [7, 11) is 0. The van der Waals surface area contributed by atoms with Crippen molar-refractivity contribution in [2.45, 2.75) is 19.9 Å². The molecule has 0 aliphatic heterocycles. The summed E-state index contributed by atoms with van der Waals surface area (Å²) in [6.07, 6.45) is 5.22. The fourth-order valence-corrected chi connectivity index (χ4v) is 0.790. The maximum atomic E-state index is 5.60. The van der Waals surface area contributed by atoms with E-state index in [-0.39, 0.29) is 0 Å². The van der Waals surface area contributed by atoms with Crippen molar-refractivity contribution < 1.29 is 0 Å². The van der Waals surface area contributed by atoms with E-state index in [9.17, 15) is 0 Å². The second kappa shape index (κ2) is 6.60. The molecule has 0 aliphatic rings. The third kappa shape index (κ3) is 7.46. The maximum Gasteiger partial charge on any atom is 0.115 e. The Morgan fingerprint density at radius 1 is 1.62 bits per heavy atom. The topological polar surface area (TPSA) is 50.4 Å². The molecule has 0 amide bonds. The van der Waals surface area contributed by atoms with Crippen LogP contribution in [0.4, 0.5) is 0 Å². The Morgan fingerprint density at radius 2 is 2.23 bits per heavy atom. The first-order valence-electron chi connectivity index (χ1n) is 4.04. The van der Waals surface area contributed by atoms with Gasteiger partial charge in [-0.1, -0.05) is 6.58 Å². The van der Waals surface area contributed by atoms with Gasteiger partial charge < -0.3 is 11.1 Å². The molecule has 0 fully saturated rings. The number of hydrogen-bond donors (Lipinski definition) is 2. The summed E-state index contributed by atoms with van der Waals surface area (Å²) in [6.45, 7) is 7.79. The average molecular weight is 199 g/mol. The first-order chi connectivity index (χ1) is 6.06. The maximum absolute atomic E-state index is 5.60. The minimum absolute atomic E-state index is 0.329. The van der Waals surface area contributed by atoms with Gasteiger partial charge in [0.1, 0.15) is 5.82 Å². The Bertz CT molecular complexity index is 219. The number of nitrogens with two attached hydrogens (primary N) is 1. The van der Waals surface area contributed by atoms with Gasteiger partial charge in [0, 0.05) is 17.2 Å². The summed E-state index contributed by atoms with van der Waals surface area (Å²) < 4.78 is 0. The molecule has 74 valence electrons. The number of hydrogen-bond acceptors (Lipinski definition) is 4. The molecular formula is C9H17N3S. The normalized spacial score (nSPS) is 12.5. The van der Waals surface area contributed by atoms with Gasteiger partial charge >= 0.3 is 0 Å². The lowest BCUT2D eigenvalue weighted by molar-refractivity contribution is 0.661. The average Bonchev–Trinajstić information content (AvgIpc) is 2.02. The minimum Gasteiger partial charge on any atom is -0.384 e. The van der Waals surface area contributed by atoms with Gasteiger partial charge in [-0.25, -0.2) is 0 Å². The number of thioether (sulfide) groups is 1. The Morgan fingerprint density at radius 3 is 2.69 bits per heavy atom. The second-order valence-corrected chi connectivity index (χ2v) is 3.76. The van der Waals surface area contributed by atoms with E-state index in [4.69, 9.17) is 5.73 Å². The quantitative estimate of drug-likeness (QED) is 0.662. The molecule has 0 heterocycles. The SMILES string of the molecule is C=C(C=N/C=C(\N)NC(C)C)SC. The molecule has 13 heavy (non-hydrogen) atoms. The largest absolute Gasteiger partial charge is 0.384 e.